The smallest absolute Gasteiger partial charge is 0.242 e. The summed E-state index contributed by atoms with van der Waals surface area (Å²) in [7, 11) is 0. The Morgan fingerprint density at radius 3 is 1.95 bits per heavy atom. The Morgan fingerprint density at radius 2 is 1.58 bits per heavy atom. The second kappa shape index (κ2) is 10.2. The van der Waals surface area contributed by atoms with E-state index in [1.807, 2.05) is 20.8 Å². The summed E-state index contributed by atoms with van der Waals surface area (Å²) in [6.07, 6.45) is 1.58. The van der Waals surface area contributed by atoms with Gasteiger partial charge in [0, 0.05) is 26.3 Å². The van der Waals surface area contributed by atoms with Crippen LogP contribution in [0.15, 0.2) is 0 Å². The Hall–Kier alpha value is -0.650. The first-order chi connectivity index (χ1) is 8.99. The van der Waals surface area contributed by atoms with Crippen LogP contribution in [-0.4, -0.2) is 55.9 Å². The maximum absolute atomic E-state index is 12.4. The molecule has 114 valence electrons. The second-order valence-corrected chi connectivity index (χ2v) is 4.85. The Bertz CT molecular complexity index is 235. The van der Waals surface area contributed by atoms with Gasteiger partial charge in [-0.15, -0.1) is 0 Å². The van der Waals surface area contributed by atoms with Crippen LogP contribution in [0.3, 0.4) is 0 Å². The molecule has 1 atom stereocenters. The fraction of sp³-hybridized carbons (Fsp3) is 0.929. The van der Waals surface area contributed by atoms with Crippen LogP contribution in [-0.2, 0) is 14.3 Å². The molecule has 2 N–H and O–H groups in total. The highest BCUT2D eigenvalue weighted by Crippen LogP contribution is 2.12. The van der Waals surface area contributed by atoms with Gasteiger partial charge in [0.15, 0.2) is 0 Å². The number of hydrogen-bond donors (Lipinski definition) is 1. The molecule has 0 radical (unpaired) electrons. The fourth-order valence-electron chi connectivity index (χ4n) is 1.94. The van der Waals surface area contributed by atoms with E-state index in [0.29, 0.717) is 45.9 Å². The Morgan fingerprint density at radius 1 is 1.11 bits per heavy atom. The van der Waals surface area contributed by atoms with Crippen molar-refractivity contribution in [1.29, 1.82) is 0 Å². The summed E-state index contributed by atoms with van der Waals surface area (Å²) in [5.41, 5.74) is 5.31. The van der Waals surface area contributed by atoms with Crippen molar-refractivity contribution in [2.45, 2.75) is 46.1 Å². The minimum atomic E-state index is -0.798. The van der Waals surface area contributed by atoms with Gasteiger partial charge in [-0.25, -0.2) is 0 Å². The topological polar surface area (TPSA) is 64.8 Å². The summed E-state index contributed by atoms with van der Waals surface area (Å²) in [4.78, 5) is 14.2. The van der Waals surface area contributed by atoms with Crippen molar-refractivity contribution >= 4 is 5.91 Å². The van der Waals surface area contributed by atoms with E-state index in [1.54, 1.807) is 11.8 Å². The zero-order chi connectivity index (χ0) is 14.7. The SMILES string of the molecule is CCCC(C)(N)C(=O)N(CCOCC)CCOCC. The number of nitrogens with zero attached hydrogens (tertiary/aromatic N) is 1. The van der Waals surface area contributed by atoms with Crippen LogP contribution < -0.4 is 5.73 Å². The molecule has 0 saturated heterocycles. The summed E-state index contributed by atoms with van der Waals surface area (Å²) < 4.78 is 10.6. The number of ether oxygens (including phenoxy) is 2. The van der Waals surface area contributed by atoms with E-state index in [0.717, 1.165) is 6.42 Å². The summed E-state index contributed by atoms with van der Waals surface area (Å²) in [5, 5.41) is 0. The fourth-order valence-corrected chi connectivity index (χ4v) is 1.94. The molecular weight excluding hydrogens is 244 g/mol. The predicted molar refractivity (Wildman–Crippen MR) is 77.1 cm³/mol. The van der Waals surface area contributed by atoms with Crippen molar-refractivity contribution in [3.05, 3.63) is 0 Å². The minimum absolute atomic E-state index is 0.0197. The third kappa shape index (κ3) is 7.50. The molecule has 0 rings (SSSR count). The lowest BCUT2D eigenvalue weighted by Crippen LogP contribution is -2.54. The monoisotopic (exact) mass is 274 g/mol. The van der Waals surface area contributed by atoms with Crippen LogP contribution in [0.1, 0.15) is 40.5 Å². The third-order valence-electron chi connectivity index (χ3n) is 2.96. The first kappa shape index (κ1) is 18.4. The van der Waals surface area contributed by atoms with Crippen molar-refractivity contribution < 1.29 is 14.3 Å². The number of rotatable bonds is 11. The summed E-state index contributed by atoms with van der Waals surface area (Å²) >= 11 is 0. The third-order valence-corrected chi connectivity index (χ3v) is 2.96. The van der Waals surface area contributed by atoms with E-state index >= 15 is 0 Å². The van der Waals surface area contributed by atoms with Gasteiger partial charge in [0.05, 0.1) is 18.8 Å². The highest BCUT2D eigenvalue weighted by Gasteiger charge is 2.31. The highest BCUT2D eigenvalue weighted by atomic mass is 16.5. The number of amides is 1. The molecule has 0 fully saturated rings. The van der Waals surface area contributed by atoms with E-state index in [2.05, 4.69) is 0 Å². The van der Waals surface area contributed by atoms with Crippen molar-refractivity contribution in [2.24, 2.45) is 5.73 Å². The first-order valence-corrected chi connectivity index (χ1v) is 7.23. The van der Waals surface area contributed by atoms with Gasteiger partial charge in [0.2, 0.25) is 5.91 Å². The Kier molecular flexibility index (Phi) is 9.83. The van der Waals surface area contributed by atoms with Crippen LogP contribution in [0, 0.1) is 0 Å². The second-order valence-electron chi connectivity index (χ2n) is 4.85. The van der Waals surface area contributed by atoms with Gasteiger partial charge < -0.3 is 20.1 Å². The largest absolute Gasteiger partial charge is 0.380 e. The molecule has 0 bridgehead atoms. The standard InChI is InChI=1S/C14H30N2O3/c1-5-8-14(4,15)13(17)16(9-11-18-6-2)10-12-19-7-3/h5-12,15H2,1-4H3. The van der Waals surface area contributed by atoms with Crippen LogP contribution in [0.25, 0.3) is 0 Å². The van der Waals surface area contributed by atoms with Crippen molar-refractivity contribution in [1.82, 2.24) is 4.90 Å². The van der Waals surface area contributed by atoms with E-state index in [4.69, 9.17) is 15.2 Å². The summed E-state index contributed by atoms with van der Waals surface area (Å²) in [5.74, 6) is -0.0197. The van der Waals surface area contributed by atoms with Crippen LogP contribution in [0.5, 0.6) is 0 Å². The summed E-state index contributed by atoms with van der Waals surface area (Å²) in [6.45, 7) is 11.2. The molecule has 1 unspecified atom stereocenters. The number of carbonyl (C=O) groups excluding carboxylic acids is 1. The van der Waals surface area contributed by atoms with Crippen molar-refractivity contribution in [3.8, 4) is 0 Å². The molecule has 0 heterocycles. The van der Waals surface area contributed by atoms with Crippen LogP contribution in [0.2, 0.25) is 0 Å². The van der Waals surface area contributed by atoms with Crippen molar-refractivity contribution in [3.63, 3.8) is 0 Å². The first-order valence-electron chi connectivity index (χ1n) is 7.23. The zero-order valence-corrected chi connectivity index (χ0v) is 12.9. The molecule has 0 aromatic rings. The van der Waals surface area contributed by atoms with Gasteiger partial charge in [-0.3, -0.25) is 4.79 Å². The van der Waals surface area contributed by atoms with Crippen molar-refractivity contribution in [2.75, 3.05) is 39.5 Å². The molecule has 0 aromatic heterocycles. The summed E-state index contributed by atoms with van der Waals surface area (Å²) in [6, 6.07) is 0. The molecule has 1 amide bonds. The minimum Gasteiger partial charge on any atom is -0.380 e. The molecule has 19 heavy (non-hydrogen) atoms. The number of hydrogen-bond acceptors (Lipinski definition) is 4. The molecule has 0 saturated carbocycles. The normalized spacial score (nSPS) is 14.2. The van der Waals surface area contributed by atoms with E-state index in [-0.39, 0.29) is 5.91 Å². The van der Waals surface area contributed by atoms with Gasteiger partial charge in [-0.05, 0) is 27.2 Å². The molecule has 5 heteroatoms. The lowest BCUT2D eigenvalue weighted by molar-refractivity contribution is -0.138. The Labute approximate surface area is 117 Å². The molecule has 0 spiro atoms. The highest BCUT2D eigenvalue weighted by molar-refractivity contribution is 5.85. The van der Waals surface area contributed by atoms with Gasteiger partial charge in [-0.2, -0.15) is 0 Å². The lowest BCUT2D eigenvalue weighted by atomic mass is 9.95. The molecule has 0 aromatic carbocycles. The predicted octanol–water partition coefficient (Wildman–Crippen LogP) is 1.41. The van der Waals surface area contributed by atoms with Crippen LogP contribution in [0.4, 0.5) is 0 Å². The Balaban J connectivity index is 4.46. The molecule has 0 aliphatic rings. The molecular formula is C14H30N2O3. The molecule has 0 aliphatic heterocycles. The van der Waals surface area contributed by atoms with Gasteiger partial charge in [0.1, 0.15) is 0 Å². The van der Waals surface area contributed by atoms with Gasteiger partial charge in [0.25, 0.3) is 0 Å². The molecule has 0 aliphatic carbocycles. The average molecular weight is 274 g/mol. The average Bonchev–Trinajstić information content (AvgIpc) is 2.36. The van der Waals surface area contributed by atoms with E-state index < -0.39 is 5.54 Å². The van der Waals surface area contributed by atoms with E-state index in [1.165, 1.54) is 0 Å². The quantitative estimate of drug-likeness (QED) is 0.579. The van der Waals surface area contributed by atoms with E-state index in [9.17, 15) is 4.79 Å². The lowest BCUT2D eigenvalue weighted by Gasteiger charge is -2.31. The zero-order valence-electron chi connectivity index (χ0n) is 12.9. The maximum atomic E-state index is 12.4. The number of nitrogens with two attached hydrogens (primary N) is 1. The molecule has 5 nitrogen and oxygen atoms in total. The van der Waals surface area contributed by atoms with Crippen LogP contribution >= 0.6 is 0 Å². The number of carbonyl (C=O) groups is 1. The van der Waals surface area contributed by atoms with Gasteiger partial charge in [-0.1, -0.05) is 13.3 Å². The maximum Gasteiger partial charge on any atom is 0.242 e. The van der Waals surface area contributed by atoms with Gasteiger partial charge >= 0.3 is 0 Å².